The molecule has 0 atom stereocenters. The highest BCUT2D eigenvalue weighted by Gasteiger charge is 2.11. The van der Waals surface area contributed by atoms with Crippen molar-refractivity contribution in [1.82, 2.24) is 9.97 Å². The first-order valence-corrected chi connectivity index (χ1v) is 7.00. The summed E-state index contributed by atoms with van der Waals surface area (Å²) in [4.78, 5) is 8.46. The summed E-state index contributed by atoms with van der Waals surface area (Å²) in [7, 11) is 3.25. The number of aromatic nitrogens is 2. The van der Waals surface area contributed by atoms with Crippen LogP contribution in [0.15, 0.2) is 30.6 Å². The Balaban J connectivity index is 2.25. The Morgan fingerprint density at radius 2 is 1.68 bits per heavy atom. The summed E-state index contributed by atoms with van der Waals surface area (Å²) in [5.74, 6) is 2.88. The maximum atomic E-state index is 5.35. The number of rotatable bonds is 5. The van der Waals surface area contributed by atoms with Crippen molar-refractivity contribution in [3.05, 3.63) is 30.6 Å². The molecule has 2 aromatic rings. The first-order valence-electron chi connectivity index (χ1n) is 7.00. The van der Waals surface area contributed by atoms with E-state index in [2.05, 4.69) is 41.4 Å². The lowest BCUT2D eigenvalue weighted by Gasteiger charge is -2.21. The van der Waals surface area contributed by atoms with Crippen molar-refractivity contribution in [2.45, 2.75) is 26.3 Å². The van der Waals surface area contributed by atoms with Crippen LogP contribution in [0.2, 0.25) is 0 Å². The fraction of sp³-hybridized carbons (Fsp3) is 0.375. The van der Waals surface area contributed by atoms with Crippen LogP contribution in [0.1, 0.15) is 20.8 Å². The Bertz CT molecular complexity index is 638. The van der Waals surface area contributed by atoms with E-state index in [0.717, 1.165) is 17.3 Å². The first kappa shape index (κ1) is 15.9. The maximum absolute atomic E-state index is 5.35. The average Bonchev–Trinajstić information content (AvgIpc) is 2.45. The zero-order valence-electron chi connectivity index (χ0n) is 13.6. The minimum atomic E-state index is -0.0702. The summed E-state index contributed by atoms with van der Waals surface area (Å²) in [6, 6.07) is 7.40. The Morgan fingerprint density at radius 3 is 2.32 bits per heavy atom. The number of benzene rings is 1. The quantitative estimate of drug-likeness (QED) is 0.881. The van der Waals surface area contributed by atoms with Gasteiger partial charge in [0.15, 0.2) is 0 Å². The van der Waals surface area contributed by atoms with Gasteiger partial charge in [0.05, 0.1) is 19.9 Å². The van der Waals surface area contributed by atoms with Gasteiger partial charge in [-0.2, -0.15) is 0 Å². The maximum Gasteiger partial charge on any atom is 0.142 e. The van der Waals surface area contributed by atoms with Gasteiger partial charge in [0.25, 0.3) is 0 Å². The number of ether oxygens (including phenoxy) is 2. The molecule has 0 bridgehead atoms. The molecule has 0 saturated carbocycles. The zero-order chi connectivity index (χ0) is 16.2. The van der Waals surface area contributed by atoms with Gasteiger partial charge >= 0.3 is 0 Å². The third kappa shape index (κ3) is 4.25. The van der Waals surface area contributed by atoms with E-state index in [1.54, 1.807) is 14.2 Å². The molecule has 0 unspecified atom stereocenters. The highest BCUT2D eigenvalue weighted by atomic mass is 16.5. The number of hydrogen-bond acceptors (Lipinski definition) is 6. The Hall–Kier alpha value is -2.50. The molecule has 2 rings (SSSR count). The minimum absolute atomic E-state index is 0.0702. The van der Waals surface area contributed by atoms with Gasteiger partial charge in [-0.1, -0.05) is 0 Å². The van der Waals surface area contributed by atoms with E-state index in [1.807, 2.05) is 24.3 Å². The molecule has 0 fully saturated rings. The molecule has 118 valence electrons. The standard InChI is InChI=1S/C16H22N4O2/c1-16(2,3)20-15-9-14(17-10-18-15)19-12-8-11(21-4)6-7-13(12)22-5/h6-10H,1-5H3,(H2,17,18,19,20). The topological polar surface area (TPSA) is 68.3 Å². The van der Waals surface area contributed by atoms with Crippen molar-refractivity contribution in [2.24, 2.45) is 0 Å². The van der Waals surface area contributed by atoms with Gasteiger partial charge in [0.2, 0.25) is 0 Å². The molecule has 1 aromatic carbocycles. The van der Waals surface area contributed by atoms with E-state index in [9.17, 15) is 0 Å². The van der Waals surface area contributed by atoms with Crippen LogP contribution in [0.5, 0.6) is 11.5 Å². The molecule has 0 aliphatic carbocycles. The van der Waals surface area contributed by atoms with Crippen molar-refractivity contribution in [3.63, 3.8) is 0 Å². The predicted molar refractivity (Wildman–Crippen MR) is 88.2 cm³/mol. The van der Waals surface area contributed by atoms with Crippen molar-refractivity contribution in [1.29, 1.82) is 0 Å². The fourth-order valence-corrected chi connectivity index (χ4v) is 1.93. The highest BCUT2D eigenvalue weighted by Crippen LogP contribution is 2.31. The SMILES string of the molecule is COc1ccc(OC)c(Nc2cc(NC(C)(C)C)ncn2)c1. The first-order chi connectivity index (χ1) is 10.4. The van der Waals surface area contributed by atoms with Crippen LogP contribution in [-0.4, -0.2) is 29.7 Å². The van der Waals surface area contributed by atoms with Gasteiger partial charge in [-0.25, -0.2) is 9.97 Å². The lowest BCUT2D eigenvalue weighted by Crippen LogP contribution is -2.26. The van der Waals surface area contributed by atoms with Crippen LogP contribution >= 0.6 is 0 Å². The van der Waals surface area contributed by atoms with E-state index in [-0.39, 0.29) is 5.54 Å². The number of nitrogens with zero attached hydrogens (tertiary/aromatic N) is 2. The normalized spacial score (nSPS) is 11.0. The van der Waals surface area contributed by atoms with E-state index >= 15 is 0 Å². The Kier molecular flexibility index (Phi) is 4.70. The second-order valence-electron chi connectivity index (χ2n) is 5.85. The zero-order valence-corrected chi connectivity index (χ0v) is 13.6. The molecule has 0 radical (unpaired) electrons. The molecule has 22 heavy (non-hydrogen) atoms. The number of nitrogens with one attached hydrogen (secondary N) is 2. The molecule has 1 heterocycles. The lowest BCUT2D eigenvalue weighted by molar-refractivity contribution is 0.405. The van der Waals surface area contributed by atoms with Crippen molar-refractivity contribution < 1.29 is 9.47 Å². The van der Waals surface area contributed by atoms with Gasteiger partial charge in [-0.05, 0) is 32.9 Å². The van der Waals surface area contributed by atoms with E-state index in [4.69, 9.17) is 9.47 Å². The minimum Gasteiger partial charge on any atom is -0.497 e. The molecule has 6 heteroatoms. The van der Waals surface area contributed by atoms with Gasteiger partial charge in [0.1, 0.15) is 29.5 Å². The van der Waals surface area contributed by atoms with Crippen molar-refractivity contribution in [2.75, 3.05) is 24.9 Å². The van der Waals surface area contributed by atoms with Gasteiger partial charge < -0.3 is 20.1 Å². The van der Waals surface area contributed by atoms with E-state index < -0.39 is 0 Å². The summed E-state index contributed by atoms with van der Waals surface area (Å²) < 4.78 is 10.6. The molecule has 0 aliphatic heterocycles. The summed E-state index contributed by atoms with van der Waals surface area (Å²) in [5, 5.41) is 6.54. The lowest BCUT2D eigenvalue weighted by atomic mass is 10.1. The van der Waals surface area contributed by atoms with Gasteiger partial charge in [0, 0.05) is 17.7 Å². The van der Waals surface area contributed by atoms with Crippen LogP contribution in [0, 0.1) is 0 Å². The van der Waals surface area contributed by atoms with E-state index in [1.165, 1.54) is 6.33 Å². The molecule has 1 aromatic heterocycles. The van der Waals surface area contributed by atoms with Crippen molar-refractivity contribution in [3.8, 4) is 11.5 Å². The summed E-state index contributed by atoms with van der Waals surface area (Å²) in [5.41, 5.74) is 0.710. The second kappa shape index (κ2) is 6.51. The van der Waals surface area contributed by atoms with Crippen molar-refractivity contribution >= 4 is 17.3 Å². The largest absolute Gasteiger partial charge is 0.497 e. The van der Waals surface area contributed by atoms with Gasteiger partial charge in [-0.15, -0.1) is 0 Å². The van der Waals surface area contributed by atoms with Crippen LogP contribution in [0.25, 0.3) is 0 Å². The van der Waals surface area contributed by atoms with Crippen LogP contribution in [0.4, 0.5) is 17.3 Å². The molecular weight excluding hydrogens is 280 g/mol. The fourth-order valence-electron chi connectivity index (χ4n) is 1.93. The summed E-state index contributed by atoms with van der Waals surface area (Å²) in [6.07, 6.45) is 1.52. The smallest absolute Gasteiger partial charge is 0.142 e. The molecule has 0 saturated heterocycles. The average molecular weight is 302 g/mol. The molecule has 0 amide bonds. The summed E-state index contributed by atoms with van der Waals surface area (Å²) >= 11 is 0. The van der Waals surface area contributed by atoms with Crippen LogP contribution in [-0.2, 0) is 0 Å². The Labute approximate surface area is 130 Å². The molecule has 0 aliphatic rings. The molecular formula is C16H22N4O2. The number of anilines is 3. The third-order valence-electron chi connectivity index (χ3n) is 2.84. The highest BCUT2D eigenvalue weighted by molar-refractivity contribution is 5.67. The monoisotopic (exact) mass is 302 g/mol. The Morgan fingerprint density at radius 1 is 0.955 bits per heavy atom. The number of hydrogen-bond donors (Lipinski definition) is 2. The van der Waals surface area contributed by atoms with Gasteiger partial charge in [-0.3, -0.25) is 0 Å². The van der Waals surface area contributed by atoms with Crippen LogP contribution in [0.3, 0.4) is 0 Å². The molecule has 2 N–H and O–H groups in total. The predicted octanol–water partition coefficient (Wildman–Crippen LogP) is 3.45. The number of methoxy groups -OCH3 is 2. The molecule has 6 nitrogen and oxygen atoms in total. The third-order valence-corrected chi connectivity index (χ3v) is 2.84. The molecule has 0 spiro atoms. The van der Waals surface area contributed by atoms with E-state index in [0.29, 0.717) is 11.6 Å². The summed E-state index contributed by atoms with van der Waals surface area (Å²) in [6.45, 7) is 6.23. The van der Waals surface area contributed by atoms with Crippen LogP contribution < -0.4 is 20.1 Å². The second-order valence-corrected chi connectivity index (χ2v) is 5.85.